The van der Waals surface area contributed by atoms with Gasteiger partial charge in [0.05, 0.1) is 6.10 Å². The summed E-state index contributed by atoms with van der Waals surface area (Å²) in [7, 11) is 0. The molecule has 1 aliphatic heterocycles. The predicted molar refractivity (Wildman–Crippen MR) is 66.1 cm³/mol. The third-order valence-corrected chi connectivity index (χ3v) is 3.36. The maximum atomic E-state index is 10.4. The molecule has 0 aromatic heterocycles. The molecule has 86 valence electrons. The van der Waals surface area contributed by atoms with Crippen LogP contribution >= 0.6 is 0 Å². The van der Waals surface area contributed by atoms with Crippen molar-refractivity contribution in [3.8, 4) is 0 Å². The van der Waals surface area contributed by atoms with Crippen LogP contribution in [0.4, 0.5) is 0 Å². The van der Waals surface area contributed by atoms with Crippen LogP contribution in [0.15, 0.2) is 43.0 Å². The molecule has 1 heterocycles. The van der Waals surface area contributed by atoms with Crippen LogP contribution in [-0.4, -0.2) is 17.7 Å². The van der Waals surface area contributed by atoms with Gasteiger partial charge in [-0.3, -0.25) is 0 Å². The second-order valence-electron chi connectivity index (χ2n) is 4.38. The molecule has 0 amide bonds. The van der Waals surface area contributed by atoms with E-state index in [1.165, 1.54) is 0 Å². The number of benzene rings is 1. The van der Waals surface area contributed by atoms with Gasteiger partial charge >= 0.3 is 0 Å². The average molecular weight is 217 g/mol. The SMILES string of the molecule is C=C[C@@H]1NCCC[C@H]1C(O)c1ccccc1. The van der Waals surface area contributed by atoms with Crippen LogP contribution in [0.25, 0.3) is 0 Å². The Morgan fingerprint density at radius 3 is 2.81 bits per heavy atom. The molecule has 0 spiro atoms. The van der Waals surface area contributed by atoms with E-state index in [2.05, 4.69) is 11.9 Å². The number of piperidine rings is 1. The van der Waals surface area contributed by atoms with Crippen LogP contribution in [-0.2, 0) is 0 Å². The molecular weight excluding hydrogens is 198 g/mol. The van der Waals surface area contributed by atoms with Crippen LogP contribution in [0.3, 0.4) is 0 Å². The molecule has 0 saturated carbocycles. The Hall–Kier alpha value is -1.12. The standard InChI is InChI=1S/C14H19NO/c1-2-13-12(9-6-10-15-13)14(16)11-7-4-3-5-8-11/h2-5,7-8,12-16H,1,6,9-10H2/t12-,13+,14?/m1/s1. The van der Waals surface area contributed by atoms with Gasteiger partial charge in [0.2, 0.25) is 0 Å². The molecule has 0 radical (unpaired) electrons. The van der Waals surface area contributed by atoms with Gasteiger partial charge in [0.15, 0.2) is 0 Å². The molecular formula is C14H19NO. The van der Waals surface area contributed by atoms with Gasteiger partial charge in [-0.05, 0) is 24.9 Å². The summed E-state index contributed by atoms with van der Waals surface area (Å²) in [6.07, 6.45) is 3.70. The fourth-order valence-corrected chi connectivity index (χ4v) is 2.45. The molecule has 1 aromatic rings. The number of hydrogen-bond acceptors (Lipinski definition) is 2. The summed E-state index contributed by atoms with van der Waals surface area (Å²) in [5, 5.41) is 13.8. The molecule has 2 nitrogen and oxygen atoms in total. The quantitative estimate of drug-likeness (QED) is 0.761. The van der Waals surface area contributed by atoms with E-state index >= 15 is 0 Å². The molecule has 1 aliphatic rings. The first-order valence-corrected chi connectivity index (χ1v) is 5.92. The van der Waals surface area contributed by atoms with Gasteiger partial charge in [0.1, 0.15) is 0 Å². The van der Waals surface area contributed by atoms with E-state index in [0.717, 1.165) is 24.9 Å². The Morgan fingerprint density at radius 2 is 2.12 bits per heavy atom. The summed E-state index contributed by atoms with van der Waals surface area (Å²) in [5.74, 6) is 0.244. The van der Waals surface area contributed by atoms with Crippen molar-refractivity contribution in [3.05, 3.63) is 48.6 Å². The Balaban J connectivity index is 2.13. The lowest BCUT2D eigenvalue weighted by Crippen LogP contribution is -2.42. The molecule has 1 saturated heterocycles. The first-order chi connectivity index (χ1) is 7.83. The minimum absolute atomic E-state index is 0.226. The smallest absolute Gasteiger partial charge is 0.0836 e. The highest BCUT2D eigenvalue weighted by Gasteiger charge is 2.29. The van der Waals surface area contributed by atoms with Crippen LogP contribution < -0.4 is 5.32 Å². The van der Waals surface area contributed by atoms with E-state index in [-0.39, 0.29) is 12.0 Å². The molecule has 2 heteroatoms. The molecule has 1 unspecified atom stereocenters. The fourth-order valence-electron chi connectivity index (χ4n) is 2.45. The second-order valence-corrected chi connectivity index (χ2v) is 4.38. The van der Waals surface area contributed by atoms with Crippen molar-refractivity contribution in [2.24, 2.45) is 5.92 Å². The highest BCUT2D eigenvalue weighted by molar-refractivity contribution is 5.19. The van der Waals surface area contributed by atoms with E-state index in [4.69, 9.17) is 0 Å². The molecule has 16 heavy (non-hydrogen) atoms. The highest BCUT2D eigenvalue weighted by atomic mass is 16.3. The average Bonchev–Trinajstić information content (AvgIpc) is 2.39. The molecule has 3 atom stereocenters. The molecule has 0 bridgehead atoms. The lowest BCUT2D eigenvalue weighted by molar-refractivity contribution is 0.0764. The zero-order chi connectivity index (χ0) is 11.4. The number of rotatable bonds is 3. The van der Waals surface area contributed by atoms with Crippen molar-refractivity contribution in [1.82, 2.24) is 5.32 Å². The highest BCUT2D eigenvalue weighted by Crippen LogP contribution is 2.30. The van der Waals surface area contributed by atoms with E-state index in [1.807, 2.05) is 36.4 Å². The maximum absolute atomic E-state index is 10.4. The van der Waals surface area contributed by atoms with Gasteiger partial charge in [-0.25, -0.2) is 0 Å². The third-order valence-electron chi connectivity index (χ3n) is 3.36. The van der Waals surface area contributed by atoms with Gasteiger partial charge in [-0.2, -0.15) is 0 Å². The molecule has 0 aliphatic carbocycles. The van der Waals surface area contributed by atoms with Gasteiger partial charge in [-0.15, -0.1) is 6.58 Å². The summed E-state index contributed by atoms with van der Waals surface area (Å²) in [5.41, 5.74) is 1.00. The predicted octanol–water partition coefficient (Wildman–Crippen LogP) is 2.27. The monoisotopic (exact) mass is 217 g/mol. The summed E-state index contributed by atoms with van der Waals surface area (Å²) in [4.78, 5) is 0. The molecule has 1 fully saturated rings. The summed E-state index contributed by atoms with van der Waals surface area (Å²) >= 11 is 0. The number of nitrogens with one attached hydrogen (secondary N) is 1. The number of aliphatic hydroxyl groups excluding tert-OH is 1. The van der Waals surface area contributed by atoms with Crippen LogP contribution in [0.5, 0.6) is 0 Å². The van der Waals surface area contributed by atoms with Gasteiger partial charge in [0.25, 0.3) is 0 Å². The maximum Gasteiger partial charge on any atom is 0.0836 e. The largest absolute Gasteiger partial charge is 0.388 e. The van der Waals surface area contributed by atoms with Crippen LogP contribution in [0.2, 0.25) is 0 Å². The minimum atomic E-state index is -0.392. The zero-order valence-electron chi connectivity index (χ0n) is 9.47. The lowest BCUT2D eigenvalue weighted by atomic mass is 9.83. The zero-order valence-corrected chi connectivity index (χ0v) is 9.47. The van der Waals surface area contributed by atoms with Crippen molar-refractivity contribution in [3.63, 3.8) is 0 Å². The Labute approximate surface area is 97.0 Å². The van der Waals surface area contributed by atoms with Crippen molar-refractivity contribution in [2.75, 3.05) is 6.54 Å². The van der Waals surface area contributed by atoms with E-state index in [1.54, 1.807) is 0 Å². The van der Waals surface area contributed by atoms with Crippen molar-refractivity contribution in [2.45, 2.75) is 25.0 Å². The normalized spacial score (nSPS) is 27.3. The van der Waals surface area contributed by atoms with Gasteiger partial charge < -0.3 is 10.4 Å². The topological polar surface area (TPSA) is 32.3 Å². The van der Waals surface area contributed by atoms with E-state index in [0.29, 0.717) is 0 Å². The van der Waals surface area contributed by atoms with E-state index in [9.17, 15) is 5.11 Å². The third kappa shape index (κ3) is 2.34. The summed E-state index contributed by atoms with van der Waals surface area (Å²) in [6, 6.07) is 10.1. The first-order valence-electron chi connectivity index (χ1n) is 5.92. The first kappa shape index (κ1) is 11.4. The minimum Gasteiger partial charge on any atom is -0.388 e. The molecule has 2 rings (SSSR count). The van der Waals surface area contributed by atoms with E-state index < -0.39 is 6.10 Å². The summed E-state index contributed by atoms with van der Waals surface area (Å²) in [6.45, 7) is 4.86. The Kier molecular flexibility index (Phi) is 3.75. The molecule has 2 N–H and O–H groups in total. The fraction of sp³-hybridized carbons (Fsp3) is 0.429. The Bertz CT molecular complexity index is 336. The van der Waals surface area contributed by atoms with Crippen molar-refractivity contribution >= 4 is 0 Å². The number of aliphatic hydroxyl groups is 1. The Morgan fingerprint density at radius 1 is 1.38 bits per heavy atom. The van der Waals surface area contributed by atoms with Crippen molar-refractivity contribution < 1.29 is 5.11 Å². The van der Waals surface area contributed by atoms with Gasteiger partial charge in [0, 0.05) is 12.0 Å². The van der Waals surface area contributed by atoms with Gasteiger partial charge in [-0.1, -0.05) is 36.4 Å². The number of hydrogen-bond donors (Lipinski definition) is 2. The van der Waals surface area contributed by atoms with Crippen LogP contribution in [0.1, 0.15) is 24.5 Å². The lowest BCUT2D eigenvalue weighted by Gasteiger charge is -2.34. The van der Waals surface area contributed by atoms with Crippen molar-refractivity contribution in [1.29, 1.82) is 0 Å². The second kappa shape index (κ2) is 5.28. The molecule has 1 aromatic carbocycles. The summed E-state index contributed by atoms with van der Waals surface area (Å²) < 4.78 is 0. The van der Waals surface area contributed by atoms with Crippen LogP contribution in [0, 0.1) is 5.92 Å².